The van der Waals surface area contributed by atoms with Crippen molar-refractivity contribution in [2.75, 3.05) is 48.0 Å². The number of amides is 2. The Morgan fingerprint density at radius 1 is 0.588 bits per heavy atom. The Balaban J connectivity index is 0.000000313. The minimum absolute atomic E-state index is 0. The van der Waals surface area contributed by atoms with E-state index >= 15 is 0 Å². The van der Waals surface area contributed by atoms with Crippen LogP contribution in [0, 0.1) is 35.5 Å². The van der Waals surface area contributed by atoms with Crippen molar-refractivity contribution < 1.29 is 67.7 Å². The second kappa shape index (κ2) is 34.4. The topological polar surface area (TPSA) is 208 Å². The van der Waals surface area contributed by atoms with Gasteiger partial charge in [-0.2, -0.15) is 0 Å². The Morgan fingerprint density at radius 3 is 1.45 bits per heavy atom. The number of benzene rings is 3. The molecule has 0 heterocycles. The van der Waals surface area contributed by atoms with Gasteiger partial charge in [0.15, 0.2) is 13.2 Å². The molecule has 0 bridgehead atoms. The quantitative estimate of drug-likeness (QED) is 0.0410. The lowest BCUT2D eigenvalue weighted by molar-refractivity contribution is -0.147. The molecule has 0 spiro atoms. The van der Waals surface area contributed by atoms with Crippen molar-refractivity contribution in [3.63, 3.8) is 0 Å². The first kappa shape index (κ1) is 66.6. The Kier molecular flexibility index (Phi) is 28.7. The number of carbonyl (C=O) groups excluding carboxylic acids is 4. The molecule has 4 aliphatic carbocycles. The number of ether oxygens (including phenoxy) is 6. The molecule has 0 saturated heterocycles. The third-order valence-corrected chi connectivity index (χ3v) is 16.1. The van der Waals surface area contributed by atoms with Crippen LogP contribution in [0.15, 0.2) is 66.7 Å². The summed E-state index contributed by atoms with van der Waals surface area (Å²) in [7, 11) is 6.81. The molecule has 16 heteroatoms. The summed E-state index contributed by atoms with van der Waals surface area (Å²) in [5.41, 5.74) is 5.57. The highest BCUT2D eigenvalue weighted by atomic mass is 16.6. The third kappa shape index (κ3) is 20.9. The molecule has 7 rings (SSSR count). The highest BCUT2D eigenvalue weighted by molar-refractivity contribution is 5.71. The zero-order valence-corrected chi connectivity index (χ0v) is 48.4. The van der Waals surface area contributed by atoms with E-state index in [1.165, 1.54) is 27.9 Å². The van der Waals surface area contributed by atoms with Gasteiger partial charge in [-0.05, 0) is 159 Å². The van der Waals surface area contributed by atoms with Crippen LogP contribution in [-0.4, -0.2) is 128 Å². The molecule has 4 aliphatic rings. The second-order valence-corrected chi connectivity index (χ2v) is 22.4. The number of fused-ring (bicyclic) bond motifs is 4. The monoisotopic (exact) mass is 1120 g/mol. The van der Waals surface area contributed by atoms with Gasteiger partial charge in [-0.25, -0.2) is 19.2 Å². The van der Waals surface area contributed by atoms with Gasteiger partial charge in [-0.1, -0.05) is 114 Å². The standard InChI is InChI=1S/C33H45NO6.C26H39NO6.C4H8O2.CH4/c1-4-5-7-14-26(35)16-17-27-28-18-24-13-10-15-30(38-22-32(36)39-21-23-11-8-6-9-12-23)29(24)19-25(28)20-31(27)40-33(37)34(2)3;1-4-5-6-9-19(28)11-12-20-21-13-17-8-7-10-23(32-16-25(29)30)22(17)14-18(21)15-24(20)33-26(31)27(2)3;1-3-6-4(2)5;/h6,8-13,15,25-28,31,35H,4-5,7,14,16-22H2,1-3H3;7-8,10,18-21,24,28H,4-6,9,11-16H2,1-3H3,(H,29,30);3H2,1-2H3;1H4/t25-,26-,27+,28-,31+;18-,19-,20+,21-,24+;;/m00../s1. The van der Waals surface area contributed by atoms with Gasteiger partial charge < -0.3 is 53.5 Å². The van der Waals surface area contributed by atoms with E-state index in [1.54, 1.807) is 35.1 Å². The van der Waals surface area contributed by atoms with Crippen LogP contribution in [0.3, 0.4) is 0 Å². The molecule has 0 aliphatic heterocycles. The fraction of sp³-hybridized carbons (Fsp3) is 0.641. The van der Waals surface area contributed by atoms with Crippen LogP contribution >= 0.6 is 0 Å². The van der Waals surface area contributed by atoms with Gasteiger partial charge in [0.05, 0.1) is 18.8 Å². The van der Waals surface area contributed by atoms with Crippen molar-refractivity contribution >= 4 is 30.1 Å². The van der Waals surface area contributed by atoms with E-state index in [4.69, 9.17) is 28.8 Å². The molecule has 16 nitrogen and oxygen atoms in total. The normalized spacial score (nSPS) is 21.7. The molecule has 446 valence electrons. The Bertz CT molecular complexity index is 2360. The molecule has 0 radical (unpaired) electrons. The number of nitrogens with zero attached hydrogens (tertiary/aromatic N) is 2. The Labute approximate surface area is 477 Å². The van der Waals surface area contributed by atoms with E-state index < -0.39 is 11.9 Å². The predicted molar refractivity (Wildman–Crippen MR) is 308 cm³/mol. The minimum atomic E-state index is -0.990. The number of aliphatic carboxylic acids is 1. The van der Waals surface area contributed by atoms with Crippen LogP contribution < -0.4 is 9.47 Å². The van der Waals surface area contributed by atoms with Crippen molar-refractivity contribution in [3.05, 3.63) is 94.5 Å². The largest absolute Gasteiger partial charge is 0.482 e. The smallest absolute Gasteiger partial charge is 0.409 e. The fourth-order valence-corrected chi connectivity index (χ4v) is 12.1. The van der Waals surface area contributed by atoms with Gasteiger partial charge in [0.2, 0.25) is 0 Å². The van der Waals surface area contributed by atoms with Gasteiger partial charge in [0.1, 0.15) is 30.3 Å². The molecule has 0 unspecified atom stereocenters. The SMILES string of the molecule is C.CCCCC[C@H](O)CC[C@@H]1[C@H]2Cc3cccc(OCC(=O)O)c3C[C@H]2C[C@H]1OC(=O)N(C)C.CCCCC[C@H](O)CC[C@@H]1[C@H]2Cc3cccc(OCC(=O)OCc4ccccc4)c3C[C@H]2C[C@H]1OC(=O)N(C)C.CCOC(C)=O. The summed E-state index contributed by atoms with van der Waals surface area (Å²) in [5.74, 6) is 1.62. The molecule has 0 aromatic heterocycles. The van der Waals surface area contributed by atoms with E-state index in [2.05, 4.69) is 30.7 Å². The molecule has 2 saturated carbocycles. The lowest BCUT2D eigenvalue weighted by Crippen LogP contribution is -2.32. The summed E-state index contributed by atoms with van der Waals surface area (Å²) in [6.07, 6.45) is 14.8. The Hall–Kier alpha value is -5.87. The highest BCUT2D eigenvalue weighted by Gasteiger charge is 2.49. The van der Waals surface area contributed by atoms with E-state index in [-0.39, 0.29) is 81.7 Å². The number of carboxylic acid groups (broad SMARTS) is 1. The molecular formula is C64H96N2O14. The third-order valence-electron chi connectivity index (χ3n) is 16.1. The van der Waals surface area contributed by atoms with Crippen molar-refractivity contribution in [3.8, 4) is 11.5 Å². The molecule has 3 aromatic rings. The molecule has 3 aromatic carbocycles. The summed E-state index contributed by atoms with van der Waals surface area (Å²) in [6.45, 7) is 7.71. The first-order chi connectivity index (χ1) is 37.9. The van der Waals surface area contributed by atoms with Crippen LogP contribution in [0.2, 0.25) is 0 Å². The van der Waals surface area contributed by atoms with E-state index in [0.717, 1.165) is 138 Å². The van der Waals surface area contributed by atoms with E-state index in [9.17, 15) is 34.2 Å². The van der Waals surface area contributed by atoms with Gasteiger partial charge in [0, 0.05) is 35.1 Å². The molecule has 10 atom stereocenters. The lowest BCUT2D eigenvalue weighted by atomic mass is 9.73. The zero-order chi connectivity index (χ0) is 57.4. The number of aliphatic hydroxyl groups excluding tert-OH is 2. The summed E-state index contributed by atoms with van der Waals surface area (Å²) in [6, 6.07) is 21.5. The number of unbranched alkanes of at least 4 members (excludes halogenated alkanes) is 4. The number of carbonyl (C=O) groups is 5. The summed E-state index contributed by atoms with van der Waals surface area (Å²) < 4.78 is 33.2. The van der Waals surface area contributed by atoms with E-state index in [1.807, 2.05) is 54.6 Å². The van der Waals surface area contributed by atoms with Gasteiger partial charge in [0.25, 0.3) is 0 Å². The van der Waals surface area contributed by atoms with Crippen molar-refractivity contribution in [2.45, 2.75) is 182 Å². The van der Waals surface area contributed by atoms with Crippen LogP contribution in [-0.2, 0) is 65.6 Å². The van der Waals surface area contributed by atoms with E-state index in [0.29, 0.717) is 36.0 Å². The number of hydrogen-bond donors (Lipinski definition) is 3. The van der Waals surface area contributed by atoms with Gasteiger partial charge in [-0.3, -0.25) is 4.79 Å². The van der Waals surface area contributed by atoms with Crippen LogP contribution in [0.1, 0.15) is 153 Å². The predicted octanol–water partition coefficient (Wildman–Crippen LogP) is 11.4. The number of carboxylic acids is 1. The molecule has 2 fully saturated rings. The van der Waals surface area contributed by atoms with Gasteiger partial charge in [-0.15, -0.1) is 0 Å². The lowest BCUT2D eigenvalue weighted by Gasteiger charge is -2.33. The zero-order valence-electron chi connectivity index (χ0n) is 48.4. The number of hydrogen-bond acceptors (Lipinski definition) is 13. The average molecular weight is 1120 g/mol. The van der Waals surface area contributed by atoms with Crippen LogP contribution in [0.4, 0.5) is 9.59 Å². The molecular weight excluding hydrogens is 1020 g/mol. The van der Waals surface area contributed by atoms with Crippen molar-refractivity contribution in [1.29, 1.82) is 0 Å². The maximum absolute atomic E-state index is 12.5. The average Bonchev–Trinajstić information content (AvgIpc) is 3.96. The maximum Gasteiger partial charge on any atom is 0.409 e. The molecule has 2 amide bonds. The van der Waals surface area contributed by atoms with Crippen molar-refractivity contribution in [2.24, 2.45) is 35.5 Å². The first-order valence-corrected chi connectivity index (χ1v) is 29.1. The summed E-state index contributed by atoms with van der Waals surface area (Å²) in [4.78, 5) is 61.0. The van der Waals surface area contributed by atoms with Crippen molar-refractivity contribution in [1.82, 2.24) is 9.80 Å². The molecule has 80 heavy (non-hydrogen) atoms. The maximum atomic E-state index is 12.5. The first-order valence-electron chi connectivity index (χ1n) is 29.1. The summed E-state index contributed by atoms with van der Waals surface area (Å²) >= 11 is 0. The van der Waals surface area contributed by atoms with Crippen LogP contribution in [0.25, 0.3) is 0 Å². The van der Waals surface area contributed by atoms with Gasteiger partial charge >= 0.3 is 30.1 Å². The Morgan fingerprint density at radius 2 is 1.05 bits per heavy atom. The number of aliphatic hydroxyl groups is 2. The summed E-state index contributed by atoms with van der Waals surface area (Å²) in [5, 5.41) is 30.1. The number of esters is 2. The minimum Gasteiger partial charge on any atom is -0.482 e. The fourth-order valence-electron chi connectivity index (χ4n) is 12.1. The second-order valence-electron chi connectivity index (χ2n) is 22.4. The molecule has 3 N–H and O–H groups in total. The highest BCUT2D eigenvalue weighted by Crippen LogP contribution is 2.51. The van der Waals surface area contributed by atoms with Crippen LogP contribution in [0.5, 0.6) is 11.5 Å². The number of rotatable bonds is 25.